The third kappa shape index (κ3) is 5.13. The van der Waals surface area contributed by atoms with E-state index in [1.54, 1.807) is 24.7 Å². The Labute approximate surface area is 147 Å². The molecule has 0 aliphatic carbocycles. The Balaban J connectivity index is 1.57. The summed E-state index contributed by atoms with van der Waals surface area (Å²) in [6, 6.07) is 6.52. The van der Waals surface area contributed by atoms with Crippen LogP contribution in [-0.2, 0) is 11.3 Å². The molecule has 1 aromatic heterocycles. The molecule has 1 aliphatic heterocycles. The van der Waals surface area contributed by atoms with Crippen LogP contribution in [0.5, 0.6) is 0 Å². The first-order chi connectivity index (χ1) is 12.2. The van der Waals surface area contributed by atoms with Crippen molar-refractivity contribution in [2.75, 3.05) is 19.6 Å². The monoisotopic (exact) mass is 344 g/mol. The third-order valence-corrected chi connectivity index (χ3v) is 4.66. The Hall–Kier alpha value is -2.21. The van der Waals surface area contributed by atoms with E-state index in [1.165, 1.54) is 18.6 Å². The Bertz CT molecular complexity index is 651. The average molecular weight is 344 g/mol. The van der Waals surface area contributed by atoms with Crippen LogP contribution in [0.4, 0.5) is 4.39 Å². The molecule has 0 saturated carbocycles. The van der Waals surface area contributed by atoms with Crippen molar-refractivity contribution in [2.24, 2.45) is 0 Å². The van der Waals surface area contributed by atoms with Gasteiger partial charge in [-0.15, -0.1) is 0 Å². The summed E-state index contributed by atoms with van der Waals surface area (Å²) >= 11 is 0. The van der Waals surface area contributed by atoms with E-state index in [4.69, 9.17) is 0 Å². The van der Waals surface area contributed by atoms with Crippen molar-refractivity contribution in [1.82, 2.24) is 19.8 Å². The van der Waals surface area contributed by atoms with Gasteiger partial charge in [-0.1, -0.05) is 12.1 Å². The second-order valence-electron chi connectivity index (χ2n) is 6.51. The van der Waals surface area contributed by atoms with Crippen molar-refractivity contribution in [1.29, 1.82) is 0 Å². The Morgan fingerprint density at radius 2 is 1.96 bits per heavy atom. The number of hydrogen-bond donors (Lipinski definition) is 1. The predicted molar refractivity (Wildman–Crippen MR) is 94.4 cm³/mol. The van der Waals surface area contributed by atoms with Gasteiger partial charge in [0, 0.05) is 45.0 Å². The highest BCUT2D eigenvalue weighted by Gasteiger charge is 2.17. The van der Waals surface area contributed by atoms with Gasteiger partial charge in [0.2, 0.25) is 5.91 Å². The molecule has 1 fully saturated rings. The molecular weight excluding hydrogens is 319 g/mol. The molecule has 0 spiro atoms. The van der Waals surface area contributed by atoms with Crippen molar-refractivity contribution in [3.8, 4) is 0 Å². The number of likely N-dealkylation sites (tertiary alicyclic amines) is 1. The highest BCUT2D eigenvalue weighted by molar-refractivity contribution is 5.76. The summed E-state index contributed by atoms with van der Waals surface area (Å²) < 4.78 is 15.2. The molecule has 0 radical (unpaired) electrons. The number of halogens is 1. The Morgan fingerprint density at radius 3 is 2.64 bits per heavy atom. The standard InChI is InChI=1S/C19H25FN4O/c20-17-6-4-16(5-7-17)18(14-23-13-10-21-15-23)22-9-8-19(25)24-11-2-1-3-12-24/h4-7,10,13,15,18,22H,1-3,8-9,11-12,14H2. The predicted octanol–water partition coefficient (Wildman–Crippen LogP) is 2.76. The highest BCUT2D eigenvalue weighted by Crippen LogP contribution is 2.16. The molecule has 3 rings (SSSR count). The second kappa shape index (κ2) is 8.76. The van der Waals surface area contributed by atoms with Crippen LogP contribution in [0.15, 0.2) is 43.0 Å². The number of nitrogens with zero attached hydrogens (tertiary/aromatic N) is 3. The van der Waals surface area contributed by atoms with Crippen molar-refractivity contribution >= 4 is 5.91 Å². The molecule has 6 heteroatoms. The zero-order valence-electron chi connectivity index (χ0n) is 14.4. The van der Waals surface area contributed by atoms with Gasteiger partial charge in [-0.3, -0.25) is 4.79 Å². The first-order valence-electron chi connectivity index (χ1n) is 8.95. The third-order valence-electron chi connectivity index (χ3n) is 4.66. The van der Waals surface area contributed by atoms with Crippen LogP contribution in [0.3, 0.4) is 0 Å². The van der Waals surface area contributed by atoms with E-state index >= 15 is 0 Å². The van der Waals surface area contributed by atoms with E-state index in [2.05, 4.69) is 10.3 Å². The molecule has 1 atom stereocenters. The van der Waals surface area contributed by atoms with Gasteiger partial charge in [-0.05, 0) is 37.0 Å². The van der Waals surface area contributed by atoms with Crippen LogP contribution >= 0.6 is 0 Å². The maximum absolute atomic E-state index is 13.2. The van der Waals surface area contributed by atoms with Crippen molar-refractivity contribution in [3.63, 3.8) is 0 Å². The molecule has 2 heterocycles. The molecule has 2 aromatic rings. The second-order valence-corrected chi connectivity index (χ2v) is 6.51. The lowest BCUT2D eigenvalue weighted by Gasteiger charge is -2.27. The molecular formula is C19H25FN4O. The fourth-order valence-corrected chi connectivity index (χ4v) is 3.24. The van der Waals surface area contributed by atoms with Crippen LogP contribution in [-0.4, -0.2) is 40.0 Å². The van der Waals surface area contributed by atoms with Gasteiger partial charge in [-0.2, -0.15) is 0 Å². The van der Waals surface area contributed by atoms with Gasteiger partial charge in [0.1, 0.15) is 5.82 Å². The number of rotatable bonds is 7. The first-order valence-corrected chi connectivity index (χ1v) is 8.95. The highest BCUT2D eigenvalue weighted by atomic mass is 19.1. The summed E-state index contributed by atoms with van der Waals surface area (Å²) in [5, 5.41) is 3.45. The molecule has 0 bridgehead atoms. The minimum atomic E-state index is -0.245. The summed E-state index contributed by atoms with van der Waals surface area (Å²) in [7, 11) is 0. The SMILES string of the molecule is O=C(CCNC(Cn1ccnc1)c1ccc(F)cc1)N1CCCCC1. The lowest BCUT2D eigenvalue weighted by Crippen LogP contribution is -2.37. The number of aromatic nitrogens is 2. The number of benzene rings is 1. The van der Waals surface area contributed by atoms with Crippen LogP contribution in [0, 0.1) is 5.82 Å². The molecule has 1 saturated heterocycles. The summed E-state index contributed by atoms with van der Waals surface area (Å²) in [5.74, 6) is -0.0295. The zero-order chi connectivity index (χ0) is 17.5. The molecule has 1 N–H and O–H groups in total. The Morgan fingerprint density at radius 1 is 1.20 bits per heavy atom. The number of nitrogens with one attached hydrogen (secondary N) is 1. The normalized spacial score (nSPS) is 16.0. The molecule has 134 valence electrons. The zero-order valence-corrected chi connectivity index (χ0v) is 14.4. The van der Waals surface area contributed by atoms with E-state index in [0.29, 0.717) is 19.5 Å². The van der Waals surface area contributed by atoms with Crippen molar-refractivity contribution < 1.29 is 9.18 Å². The fraction of sp³-hybridized carbons (Fsp3) is 0.474. The smallest absolute Gasteiger partial charge is 0.223 e. The number of imidazole rings is 1. The summed E-state index contributed by atoms with van der Waals surface area (Å²) in [6.07, 6.45) is 9.33. The van der Waals surface area contributed by atoms with Gasteiger partial charge in [0.05, 0.1) is 12.4 Å². The van der Waals surface area contributed by atoms with Gasteiger partial charge in [0.15, 0.2) is 0 Å². The van der Waals surface area contributed by atoms with Crippen LogP contribution in [0.1, 0.15) is 37.3 Å². The lowest BCUT2D eigenvalue weighted by atomic mass is 10.1. The van der Waals surface area contributed by atoms with E-state index < -0.39 is 0 Å². The van der Waals surface area contributed by atoms with Gasteiger partial charge < -0.3 is 14.8 Å². The van der Waals surface area contributed by atoms with Crippen molar-refractivity contribution in [2.45, 2.75) is 38.3 Å². The summed E-state index contributed by atoms with van der Waals surface area (Å²) in [5.41, 5.74) is 1.00. The summed E-state index contributed by atoms with van der Waals surface area (Å²) in [4.78, 5) is 18.3. The minimum Gasteiger partial charge on any atom is -0.343 e. The molecule has 25 heavy (non-hydrogen) atoms. The maximum Gasteiger partial charge on any atom is 0.223 e. The first kappa shape index (κ1) is 17.6. The topological polar surface area (TPSA) is 50.2 Å². The summed E-state index contributed by atoms with van der Waals surface area (Å²) in [6.45, 7) is 3.06. The number of carbonyl (C=O) groups is 1. The Kier molecular flexibility index (Phi) is 6.17. The van der Waals surface area contributed by atoms with Crippen LogP contribution in [0.2, 0.25) is 0 Å². The van der Waals surface area contributed by atoms with Gasteiger partial charge >= 0.3 is 0 Å². The number of amides is 1. The van der Waals surface area contributed by atoms with E-state index in [9.17, 15) is 9.18 Å². The van der Waals surface area contributed by atoms with E-state index in [1.807, 2.05) is 15.7 Å². The lowest BCUT2D eigenvalue weighted by molar-refractivity contribution is -0.132. The van der Waals surface area contributed by atoms with Crippen molar-refractivity contribution in [3.05, 3.63) is 54.4 Å². The van der Waals surface area contributed by atoms with E-state index in [0.717, 1.165) is 31.5 Å². The maximum atomic E-state index is 13.2. The fourth-order valence-electron chi connectivity index (χ4n) is 3.24. The molecule has 1 aliphatic rings. The number of carbonyl (C=O) groups excluding carboxylic acids is 1. The molecule has 1 unspecified atom stereocenters. The molecule has 5 nitrogen and oxygen atoms in total. The van der Waals surface area contributed by atoms with Crippen LogP contribution < -0.4 is 5.32 Å². The average Bonchev–Trinajstić information content (AvgIpc) is 3.15. The quantitative estimate of drug-likeness (QED) is 0.840. The van der Waals surface area contributed by atoms with Crippen LogP contribution in [0.25, 0.3) is 0 Å². The number of piperidine rings is 1. The van der Waals surface area contributed by atoms with Gasteiger partial charge in [0.25, 0.3) is 0 Å². The van der Waals surface area contributed by atoms with E-state index in [-0.39, 0.29) is 17.8 Å². The molecule has 1 amide bonds. The largest absolute Gasteiger partial charge is 0.343 e. The van der Waals surface area contributed by atoms with Gasteiger partial charge in [-0.25, -0.2) is 9.37 Å². The molecule has 1 aromatic carbocycles. The number of hydrogen-bond acceptors (Lipinski definition) is 3. The minimum absolute atomic E-state index is 0.00366.